The molecule has 0 spiro atoms. The van der Waals surface area contributed by atoms with Gasteiger partial charge in [0.25, 0.3) is 5.69 Å². The van der Waals surface area contributed by atoms with Crippen molar-refractivity contribution in [3.8, 4) is 0 Å². The number of anilines is 2. The number of benzene rings is 1. The molecule has 1 heterocycles. The fourth-order valence-electron chi connectivity index (χ4n) is 7.37. The maximum Gasteiger partial charge on any atom is 0.292 e. The molecule has 1 aromatic carbocycles. The number of rotatable bonds is 6. The molecule has 4 saturated carbocycles. The Hall–Kier alpha value is -2.31. The van der Waals surface area contributed by atoms with E-state index in [1.165, 1.54) is 38.5 Å². The topological polar surface area (TPSA) is 78.7 Å². The quantitative estimate of drug-likeness (QED) is 0.542. The van der Waals surface area contributed by atoms with Gasteiger partial charge in [0.1, 0.15) is 5.69 Å². The van der Waals surface area contributed by atoms with Crippen molar-refractivity contribution < 1.29 is 9.72 Å². The van der Waals surface area contributed by atoms with Crippen molar-refractivity contribution in [1.29, 1.82) is 0 Å². The van der Waals surface area contributed by atoms with Crippen LogP contribution >= 0.6 is 0 Å². The zero-order valence-electron chi connectivity index (χ0n) is 18.5. The van der Waals surface area contributed by atoms with E-state index in [9.17, 15) is 14.9 Å². The van der Waals surface area contributed by atoms with Gasteiger partial charge in [-0.3, -0.25) is 14.9 Å². The van der Waals surface area contributed by atoms with Crippen LogP contribution in [-0.2, 0) is 4.79 Å². The summed E-state index contributed by atoms with van der Waals surface area (Å²) in [5, 5.41) is 14.4. The number of piperazine rings is 1. The highest BCUT2D eigenvalue weighted by molar-refractivity contribution is 5.77. The van der Waals surface area contributed by atoms with Crippen molar-refractivity contribution in [2.24, 2.45) is 23.2 Å². The smallest absolute Gasteiger partial charge is 0.292 e. The van der Waals surface area contributed by atoms with Gasteiger partial charge in [0.15, 0.2) is 0 Å². The van der Waals surface area contributed by atoms with Crippen molar-refractivity contribution >= 4 is 23.0 Å². The third-order valence-corrected chi connectivity index (χ3v) is 8.23. The van der Waals surface area contributed by atoms with Gasteiger partial charge in [0.05, 0.1) is 4.92 Å². The number of hydrogen-bond acceptors (Lipinski definition) is 5. The average Bonchev–Trinajstić information content (AvgIpc) is 2.72. The van der Waals surface area contributed by atoms with Crippen LogP contribution in [0.1, 0.15) is 51.9 Å². The number of carbonyl (C=O) groups excluding carboxylic acids is 1. The number of hydrogen-bond donors (Lipinski definition) is 1. The molecule has 0 aromatic heterocycles. The van der Waals surface area contributed by atoms with Crippen LogP contribution in [0.2, 0.25) is 0 Å². The Morgan fingerprint density at radius 3 is 2.26 bits per heavy atom. The normalized spacial score (nSPS) is 31.7. The summed E-state index contributed by atoms with van der Waals surface area (Å²) < 4.78 is 0. The van der Waals surface area contributed by atoms with Gasteiger partial charge in [-0.1, -0.05) is 0 Å². The summed E-state index contributed by atoms with van der Waals surface area (Å²) in [6.07, 6.45) is 8.82. The second-order valence-corrected chi connectivity index (χ2v) is 10.5. The van der Waals surface area contributed by atoms with Crippen LogP contribution in [-0.4, -0.2) is 48.5 Å². The summed E-state index contributed by atoms with van der Waals surface area (Å²) in [7, 11) is 0. The molecule has 6 rings (SSSR count). The zero-order valence-corrected chi connectivity index (χ0v) is 18.5. The first-order chi connectivity index (χ1) is 14.9. The Labute approximate surface area is 184 Å². The molecule has 4 aliphatic carbocycles. The molecule has 7 heteroatoms. The number of nitro benzene ring substituents is 1. The fraction of sp³-hybridized carbons (Fsp3) is 0.708. The van der Waals surface area contributed by atoms with E-state index in [0.29, 0.717) is 23.6 Å². The molecule has 0 atom stereocenters. The molecular formula is C24H34N4O3. The number of nitro groups is 1. The van der Waals surface area contributed by atoms with Crippen molar-refractivity contribution in [3.05, 3.63) is 28.3 Å². The van der Waals surface area contributed by atoms with E-state index in [4.69, 9.17) is 0 Å². The summed E-state index contributed by atoms with van der Waals surface area (Å²) in [6.45, 7) is 5.59. The minimum absolute atomic E-state index is 0.106. The molecule has 0 radical (unpaired) electrons. The minimum atomic E-state index is -0.344. The lowest BCUT2D eigenvalue weighted by atomic mass is 9.49. The van der Waals surface area contributed by atoms with E-state index in [2.05, 4.69) is 15.1 Å². The molecular weight excluding hydrogens is 392 g/mol. The van der Waals surface area contributed by atoms with Crippen LogP contribution in [0.3, 0.4) is 0 Å². The van der Waals surface area contributed by atoms with Crippen LogP contribution < -0.4 is 10.2 Å². The number of nitrogens with one attached hydrogen (secondary N) is 1. The van der Waals surface area contributed by atoms with Crippen molar-refractivity contribution in [2.75, 3.05) is 42.9 Å². The van der Waals surface area contributed by atoms with Gasteiger partial charge < -0.3 is 15.1 Å². The molecule has 7 nitrogen and oxygen atoms in total. The first kappa shape index (κ1) is 20.6. The first-order valence-electron chi connectivity index (χ1n) is 12.0. The molecule has 1 aliphatic heterocycles. The Morgan fingerprint density at radius 1 is 1.10 bits per heavy atom. The molecule has 31 heavy (non-hydrogen) atoms. The van der Waals surface area contributed by atoms with E-state index in [1.807, 2.05) is 19.1 Å². The average molecular weight is 427 g/mol. The summed E-state index contributed by atoms with van der Waals surface area (Å²) in [5.41, 5.74) is 1.94. The Kier molecular flexibility index (Phi) is 5.30. The standard InChI is InChI=1S/C24H34N4O3/c1-2-25-21-12-20(3-4-22(21)28(30)31)26-5-7-27(8-6-26)23(29)16-24-13-17-9-18(14-24)11-19(10-17)15-24/h3-4,12,17-19,25H,2,5-11,13-16H2,1H3. The predicted molar refractivity (Wildman–Crippen MR) is 121 cm³/mol. The molecule has 168 valence electrons. The molecule has 5 fully saturated rings. The zero-order chi connectivity index (χ0) is 21.6. The molecule has 1 aromatic rings. The summed E-state index contributed by atoms with van der Waals surface area (Å²) >= 11 is 0. The van der Waals surface area contributed by atoms with E-state index in [-0.39, 0.29) is 10.6 Å². The van der Waals surface area contributed by atoms with Crippen LogP contribution in [0.15, 0.2) is 18.2 Å². The predicted octanol–water partition coefficient (Wildman–Crippen LogP) is 4.28. The largest absolute Gasteiger partial charge is 0.380 e. The SMILES string of the molecule is CCNc1cc(N2CCN(C(=O)CC34CC5CC(CC(C5)C3)C4)CC2)ccc1[N+](=O)[O-]. The van der Waals surface area contributed by atoms with E-state index in [0.717, 1.165) is 56.0 Å². The lowest BCUT2D eigenvalue weighted by molar-refractivity contribution is -0.383. The summed E-state index contributed by atoms with van der Waals surface area (Å²) in [4.78, 5) is 28.4. The van der Waals surface area contributed by atoms with Gasteiger partial charge in [-0.2, -0.15) is 0 Å². The Morgan fingerprint density at radius 2 is 1.71 bits per heavy atom. The first-order valence-corrected chi connectivity index (χ1v) is 12.0. The molecule has 4 bridgehead atoms. The summed E-state index contributed by atoms with van der Waals surface area (Å²) in [6, 6.07) is 5.28. The number of amides is 1. The molecule has 1 N–H and O–H groups in total. The Balaban J connectivity index is 1.20. The van der Waals surface area contributed by atoms with Crippen molar-refractivity contribution in [2.45, 2.75) is 51.9 Å². The fourth-order valence-corrected chi connectivity index (χ4v) is 7.37. The monoisotopic (exact) mass is 426 g/mol. The molecule has 1 saturated heterocycles. The van der Waals surface area contributed by atoms with Crippen LogP contribution in [0.5, 0.6) is 0 Å². The number of carbonyl (C=O) groups is 1. The van der Waals surface area contributed by atoms with Crippen LogP contribution in [0.4, 0.5) is 17.1 Å². The van der Waals surface area contributed by atoms with Crippen molar-refractivity contribution in [3.63, 3.8) is 0 Å². The maximum atomic E-state index is 13.2. The van der Waals surface area contributed by atoms with Gasteiger partial charge in [-0.15, -0.1) is 0 Å². The summed E-state index contributed by atoms with van der Waals surface area (Å²) in [5.74, 6) is 2.98. The van der Waals surface area contributed by atoms with Crippen LogP contribution in [0, 0.1) is 33.3 Å². The van der Waals surface area contributed by atoms with Crippen molar-refractivity contribution in [1.82, 2.24) is 4.90 Å². The third-order valence-electron chi connectivity index (χ3n) is 8.23. The van der Waals surface area contributed by atoms with Gasteiger partial charge in [-0.05, 0) is 80.8 Å². The molecule has 5 aliphatic rings. The second-order valence-electron chi connectivity index (χ2n) is 10.5. The molecule has 0 unspecified atom stereocenters. The highest BCUT2D eigenvalue weighted by atomic mass is 16.6. The van der Waals surface area contributed by atoms with E-state index < -0.39 is 0 Å². The van der Waals surface area contributed by atoms with E-state index >= 15 is 0 Å². The highest BCUT2D eigenvalue weighted by Gasteiger charge is 2.51. The lowest BCUT2D eigenvalue weighted by Gasteiger charge is -2.57. The van der Waals surface area contributed by atoms with Gasteiger partial charge in [0, 0.05) is 50.9 Å². The van der Waals surface area contributed by atoms with Gasteiger partial charge in [-0.25, -0.2) is 0 Å². The second kappa shape index (κ2) is 7.99. The number of nitrogens with zero attached hydrogens (tertiary/aromatic N) is 3. The van der Waals surface area contributed by atoms with Crippen LogP contribution in [0.25, 0.3) is 0 Å². The highest BCUT2D eigenvalue weighted by Crippen LogP contribution is 2.61. The Bertz CT molecular complexity index is 827. The molecule has 1 amide bonds. The lowest BCUT2D eigenvalue weighted by Crippen LogP contribution is -2.52. The van der Waals surface area contributed by atoms with Gasteiger partial charge >= 0.3 is 0 Å². The van der Waals surface area contributed by atoms with Gasteiger partial charge in [0.2, 0.25) is 5.91 Å². The van der Waals surface area contributed by atoms with E-state index in [1.54, 1.807) is 6.07 Å². The minimum Gasteiger partial charge on any atom is -0.380 e. The third kappa shape index (κ3) is 3.99. The maximum absolute atomic E-state index is 13.2.